The summed E-state index contributed by atoms with van der Waals surface area (Å²) in [5, 5.41) is 0.632. The molecule has 150 valence electrons. The molecule has 0 aliphatic heterocycles. The maximum absolute atomic E-state index is 12.3. The molecule has 1 aliphatic rings. The zero-order chi connectivity index (χ0) is 19.6. The molecule has 27 heavy (non-hydrogen) atoms. The summed E-state index contributed by atoms with van der Waals surface area (Å²) in [4.78, 5) is 16.3. The third-order valence-corrected chi connectivity index (χ3v) is 5.67. The van der Waals surface area contributed by atoms with Gasteiger partial charge < -0.3 is 14.5 Å². The summed E-state index contributed by atoms with van der Waals surface area (Å²) in [6.45, 7) is 6.66. The van der Waals surface area contributed by atoms with E-state index in [4.69, 9.17) is 16.3 Å². The van der Waals surface area contributed by atoms with Gasteiger partial charge in [-0.1, -0.05) is 30.5 Å². The first-order chi connectivity index (χ1) is 13.0. The zero-order valence-corrected chi connectivity index (χ0v) is 17.5. The highest BCUT2D eigenvalue weighted by atomic mass is 35.5. The number of rotatable bonds is 9. The van der Waals surface area contributed by atoms with Crippen molar-refractivity contribution in [2.45, 2.75) is 38.5 Å². The fraction of sp³-hybridized carbons (Fsp3) is 0.591. The molecule has 0 atom stereocenters. The van der Waals surface area contributed by atoms with Crippen molar-refractivity contribution in [3.63, 3.8) is 0 Å². The Kier molecular flexibility index (Phi) is 9.16. The van der Waals surface area contributed by atoms with Crippen molar-refractivity contribution in [1.82, 2.24) is 9.80 Å². The Balaban J connectivity index is 1.64. The average Bonchev–Trinajstić information content (AvgIpc) is 2.65. The van der Waals surface area contributed by atoms with E-state index in [0.29, 0.717) is 16.7 Å². The lowest BCUT2D eigenvalue weighted by molar-refractivity contribution is 0.144. The van der Waals surface area contributed by atoms with Crippen LogP contribution in [0.1, 0.15) is 38.5 Å². The van der Waals surface area contributed by atoms with E-state index >= 15 is 0 Å². The second-order valence-electron chi connectivity index (χ2n) is 7.78. The van der Waals surface area contributed by atoms with Crippen LogP contribution < -0.4 is 4.74 Å². The molecule has 1 aromatic rings. The van der Waals surface area contributed by atoms with Crippen LogP contribution in [0.25, 0.3) is 0 Å². The number of likely N-dealkylation sites (N-methyl/N-ethyl adjacent to an activating group) is 1. The van der Waals surface area contributed by atoms with Crippen molar-refractivity contribution in [2.24, 2.45) is 11.8 Å². The summed E-state index contributed by atoms with van der Waals surface area (Å²) in [6, 6.07) is 6.87. The molecule has 0 unspecified atom stereocenters. The van der Waals surface area contributed by atoms with Gasteiger partial charge >= 0.3 is 6.09 Å². The maximum Gasteiger partial charge on any atom is 0.414 e. The molecule has 0 saturated heterocycles. The number of halogens is 1. The second kappa shape index (κ2) is 11.4. The van der Waals surface area contributed by atoms with E-state index in [1.165, 1.54) is 38.5 Å². The summed E-state index contributed by atoms with van der Waals surface area (Å²) in [7, 11) is 3.97. The minimum Gasteiger partial charge on any atom is -0.410 e. The Morgan fingerprint density at radius 2 is 1.81 bits per heavy atom. The van der Waals surface area contributed by atoms with E-state index in [0.717, 1.165) is 25.6 Å². The van der Waals surface area contributed by atoms with Gasteiger partial charge in [-0.2, -0.15) is 0 Å². The maximum atomic E-state index is 12.3. The van der Waals surface area contributed by atoms with Crippen LogP contribution in [-0.4, -0.2) is 49.6 Å². The summed E-state index contributed by atoms with van der Waals surface area (Å²) in [5.41, 5.74) is 0. The number of benzene rings is 1. The lowest BCUT2D eigenvalue weighted by atomic mass is 9.80. The van der Waals surface area contributed by atoms with Gasteiger partial charge in [0.1, 0.15) is 5.75 Å². The number of amides is 1. The van der Waals surface area contributed by atoms with E-state index in [9.17, 15) is 4.79 Å². The molecular formula is C22H33ClN2O2. The number of hydrogen-bond acceptors (Lipinski definition) is 3. The van der Waals surface area contributed by atoms with Crippen LogP contribution in [0.4, 0.5) is 4.79 Å². The van der Waals surface area contributed by atoms with E-state index in [1.54, 1.807) is 29.2 Å². The molecule has 2 rings (SSSR count). The highest BCUT2D eigenvalue weighted by molar-refractivity contribution is 6.30. The molecule has 4 nitrogen and oxygen atoms in total. The average molecular weight is 393 g/mol. The Labute approximate surface area is 169 Å². The van der Waals surface area contributed by atoms with Crippen LogP contribution in [0, 0.1) is 11.8 Å². The molecule has 1 fully saturated rings. The van der Waals surface area contributed by atoms with Crippen LogP contribution in [0.2, 0.25) is 5.02 Å². The molecule has 0 aromatic heterocycles. The molecule has 1 aromatic carbocycles. The largest absolute Gasteiger partial charge is 0.414 e. The van der Waals surface area contributed by atoms with Gasteiger partial charge in [-0.05, 0) is 75.4 Å². The first-order valence-corrected chi connectivity index (χ1v) is 10.3. The molecule has 0 heterocycles. The SMILES string of the molecule is C=CCN(C)CCC[C@H]1CC[C@H](CN(C)C(=O)Oc2ccc(Cl)cc2)CC1. The molecule has 1 saturated carbocycles. The molecule has 0 spiro atoms. The number of carbonyl (C=O) groups is 1. The summed E-state index contributed by atoms with van der Waals surface area (Å²) in [5.74, 6) is 1.94. The first kappa shape index (κ1) is 21.8. The van der Waals surface area contributed by atoms with Gasteiger partial charge in [0, 0.05) is 25.2 Å². The van der Waals surface area contributed by atoms with Gasteiger partial charge in [-0.3, -0.25) is 0 Å². The smallest absolute Gasteiger partial charge is 0.410 e. The predicted octanol–water partition coefficient (Wildman–Crippen LogP) is 5.48. The standard InChI is InChI=1S/C22H33ClN2O2/c1-4-15-24(2)16-5-6-18-7-9-19(10-8-18)17-25(3)22(26)27-21-13-11-20(23)12-14-21/h4,11-14,18-19H,1,5-10,15-17H2,2-3H3/t18-,19-. The molecule has 0 bridgehead atoms. The fourth-order valence-electron chi connectivity index (χ4n) is 3.81. The van der Waals surface area contributed by atoms with Crippen molar-refractivity contribution in [3.05, 3.63) is 41.9 Å². The van der Waals surface area contributed by atoms with E-state index in [1.807, 2.05) is 13.1 Å². The minimum atomic E-state index is -0.301. The Morgan fingerprint density at radius 1 is 1.19 bits per heavy atom. The van der Waals surface area contributed by atoms with Crippen LogP contribution in [0.5, 0.6) is 5.75 Å². The minimum absolute atomic E-state index is 0.301. The van der Waals surface area contributed by atoms with E-state index in [2.05, 4.69) is 18.5 Å². The number of nitrogens with zero attached hydrogens (tertiary/aromatic N) is 2. The highest BCUT2D eigenvalue weighted by Gasteiger charge is 2.24. The lowest BCUT2D eigenvalue weighted by Crippen LogP contribution is -2.35. The third-order valence-electron chi connectivity index (χ3n) is 5.42. The van der Waals surface area contributed by atoms with Gasteiger partial charge in [0.15, 0.2) is 0 Å². The normalized spacial score (nSPS) is 19.7. The Hall–Kier alpha value is -1.52. The van der Waals surface area contributed by atoms with Crippen molar-refractivity contribution >= 4 is 17.7 Å². The lowest BCUT2D eigenvalue weighted by Gasteiger charge is -2.31. The topological polar surface area (TPSA) is 32.8 Å². The monoisotopic (exact) mass is 392 g/mol. The summed E-state index contributed by atoms with van der Waals surface area (Å²) in [6.07, 6.45) is 9.17. The molecule has 5 heteroatoms. The van der Waals surface area contributed by atoms with E-state index < -0.39 is 0 Å². The molecular weight excluding hydrogens is 360 g/mol. The number of carbonyl (C=O) groups excluding carboxylic acids is 1. The van der Waals surface area contributed by atoms with Crippen LogP contribution in [0.15, 0.2) is 36.9 Å². The molecule has 1 amide bonds. The van der Waals surface area contributed by atoms with Gasteiger partial charge in [0.05, 0.1) is 0 Å². The molecule has 0 radical (unpaired) electrons. The Morgan fingerprint density at radius 3 is 2.44 bits per heavy atom. The van der Waals surface area contributed by atoms with Gasteiger partial charge in [-0.25, -0.2) is 4.79 Å². The van der Waals surface area contributed by atoms with Crippen LogP contribution in [0.3, 0.4) is 0 Å². The zero-order valence-electron chi connectivity index (χ0n) is 16.7. The number of ether oxygens (including phenoxy) is 1. The summed E-state index contributed by atoms with van der Waals surface area (Å²) < 4.78 is 5.41. The number of hydrogen-bond donors (Lipinski definition) is 0. The first-order valence-electron chi connectivity index (χ1n) is 9.96. The van der Waals surface area contributed by atoms with Crippen molar-refractivity contribution in [2.75, 3.05) is 33.7 Å². The van der Waals surface area contributed by atoms with Crippen molar-refractivity contribution in [3.8, 4) is 5.75 Å². The van der Waals surface area contributed by atoms with Crippen molar-refractivity contribution < 1.29 is 9.53 Å². The van der Waals surface area contributed by atoms with Crippen molar-refractivity contribution in [1.29, 1.82) is 0 Å². The van der Waals surface area contributed by atoms with Gasteiger partial charge in [0.25, 0.3) is 0 Å². The molecule has 1 aliphatic carbocycles. The van der Waals surface area contributed by atoms with Gasteiger partial charge in [0.2, 0.25) is 0 Å². The van der Waals surface area contributed by atoms with Crippen LogP contribution >= 0.6 is 11.6 Å². The second-order valence-corrected chi connectivity index (χ2v) is 8.22. The van der Waals surface area contributed by atoms with E-state index in [-0.39, 0.29) is 6.09 Å². The molecule has 0 N–H and O–H groups in total. The third kappa shape index (κ3) is 7.94. The Bertz CT molecular complexity index is 582. The summed E-state index contributed by atoms with van der Waals surface area (Å²) >= 11 is 5.86. The van der Waals surface area contributed by atoms with Gasteiger partial charge in [-0.15, -0.1) is 6.58 Å². The predicted molar refractivity (Wildman–Crippen MR) is 112 cm³/mol. The quantitative estimate of drug-likeness (QED) is 0.522. The fourth-order valence-corrected chi connectivity index (χ4v) is 3.93. The van der Waals surface area contributed by atoms with Crippen LogP contribution in [-0.2, 0) is 0 Å². The highest BCUT2D eigenvalue weighted by Crippen LogP contribution is 2.32.